The number of allylic oxidation sites excluding steroid dienone is 7. The Morgan fingerprint density at radius 2 is 1.32 bits per heavy atom. The predicted octanol–water partition coefficient (Wildman–Crippen LogP) is 7.96. The number of anilines is 1. The molecule has 0 unspecified atom stereocenters. The summed E-state index contributed by atoms with van der Waals surface area (Å²) in [6.07, 6.45) is 17.3. The number of ether oxygens (including phenoxy) is 1. The van der Waals surface area contributed by atoms with E-state index in [1.807, 2.05) is 0 Å². The fourth-order valence-corrected chi connectivity index (χ4v) is 9.50. The molecule has 2 aromatic heterocycles. The molecule has 69 heavy (non-hydrogen) atoms. The Morgan fingerprint density at radius 3 is 1.81 bits per heavy atom. The van der Waals surface area contributed by atoms with E-state index in [2.05, 4.69) is 117 Å². The molecule has 1 saturated carbocycles. The van der Waals surface area contributed by atoms with Gasteiger partial charge in [-0.15, -0.1) is 0 Å². The smallest absolute Gasteiger partial charge is 0.319 e. The maximum Gasteiger partial charge on any atom is 0.319 e. The number of rotatable bonds is 7. The van der Waals surface area contributed by atoms with Crippen molar-refractivity contribution >= 4 is 118 Å². The average Bonchev–Trinajstić information content (AvgIpc) is 4.07. The third kappa shape index (κ3) is 12.8. The van der Waals surface area contributed by atoms with Gasteiger partial charge >= 0.3 is 10.0 Å². The fourth-order valence-electron chi connectivity index (χ4n) is 7.71. The molecule has 19 nitrogen and oxygen atoms in total. The molecule has 1 radical (unpaired) electrons. The number of hydrogen-bond acceptors (Lipinski definition) is 16. The standard InChI is InChI=1S/C26H30BrN2O.2C9H5ClN4O4S.Co/c1-28-24-11-8-21(27)19-23(24)26(13-3-2-4-14-26)25(28)12-7-20-5-9-22(10-6-20)29-15-17-30-18-16-29;2*10-4-1-5(7(16)2-6(4)15)12-13-9-11-3-8(19-9)14(17)18;/h5-12,19H,2-4,13-18H2,1H3;2*1-3H,(H2,11,13,15,16);/q+1;;;/p-2. The van der Waals surface area contributed by atoms with Crippen molar-refractivity contribution in [3.8, 4) is 0 Å². The van der Waals surface area contributed by atoms with Crippen LogP contribution in [-0.2, 0) is 36.5 Å². The molecule has 1 spiro atoms. The minimum atomic E-state index is -0.600. The SMILES string of the molecule is C[N+]1=C(/C=C/c2ccc(N3CCOCC3)cc2)C2(CCCCC2)c2cc(Br)ccc21.O=C1C=C(O)C(=NN=c2[n-]cc([N+](=O)[O-])s2)C=C1Cl.O=C1C=C(O)C(=NN=c2[n-]cc([N+](=O)[O-])s2)C=C1Cl.[Co]. The minimum Gasteiger partial charge on any atom is -0.506 e. The Balaban J connectivity index is 0.000000177. The van der Waals surface area contributed by atoms with E-state index in [1.165, 1.54) is 64.8 Å². The molecular formula is C44H38BrCl2CoN10O9S2-. The second-order valence-electron chi connectivity index (χ2n) is 15.2. The third-order valence-electron chi connectivity index (χ3n) is 11.0. The average molecular weight is 1120 g/mol. The zero-order chi connectivity index (χ0) is 48.5. The molecule has 0 bridgehead atoms. The van der Waals surface area contributed by atoms with Crippen molar-refractivity contribution in [3.63, 3.8) is 0 Å². The van der Waals surface area contributed by atoms with E-state index < -0.39 is 21.4 Å². The van der Waals surface area contributed by atoms with Crippen molar-refractivity contribution in [3.05, 3.63) is 152 Å². The molecule has 4 aromatic rings. The molecule has 9 rings (SSSR count). The summed E-state index contributed by atoms with van der Waals surface area (Å²) in [5.74, 6) is -1.85. The molecule has 5 aliphatic rings. The van der Waals surface area contributed by atoms with Gasteiger partial charge in [-0.3, -0.25) is 40.0 Å². The Hall–Kier alpha value is -5.92. The van der Waals surface area contributed by atoms with Gasteiger partial charge in [0.15, 0.2) is 5.71 Å². The van der Waals surface area contributed by atoms with E-state index in [1.54, 1.807) is 0 Å². The van der Waals surface area contributed by atoms with Gasteiger partial charge < -0.3 is 40.0 Å². The van der Waals surface area contributed by atoms with Crippen LogP contribution in [0.2, 0.25) is 0 Å². The molecular weight excluding hydrogens is 1090 g/mol. The van der Waals surface area contributed by atoms with E-state index in [0.717, 1.165) is 85.7 Å². The fraction of sp³-hybridized carbons (Fsp3) is 0.250. The molecule has 3 aliphatic carbocycles. The summed E-state index contributed by atoms with van der Waals surface area (Å²) in [5.41, 5.74) is 6.98. The summed E-state index contributed by atoms with van der Waals surface area (Å²) in [4.78, 5) is 51.7. The number of thiazole rings is 2. The largest absolute Gasteiger partial charge is 0.506 e. The molecule has 361 valence electrons. The van der Waals surface area contributed by atoms with Gasteiger partial charge in [-0.1, -0.05) is 93.2 Å². The van der Waals surface area contributed by atoms with Gasteiger partial charge in [0.05, 0.1) is 38.5 Å². The minimum absolute atomic E-state index is 0. The number of fused-ring (bicyclic) bond motifs is 2. The summed E-state index contributed by atoms with van der Waals surface area (Å²) in [5, 5.41) is 53.7. The van der Waals surface area contributed by atoms with Gasteiger partial charge in [0.1, 0.15) is 30.0 Å². The molecule has 2 N–H and O–H groups in total. The van der Waals surface area contributed by atoms with Crippen molar-refractivity contribution in [1.29, 1.82) is 0 Å². The molecule has 0 atom stereocenters. The second kappa shape index (κ2) is 23.6. The van der Waals surface area contributed by atoms with Crippen LogP contribution in [0.4, 0.5) is 21.4 Å². The Kier molecular flexibility index (Phi) is 17.9. The van der Waals surface area contributed by atoms with Crippen LogP contribution in [-0.4, -0.2) is 86.7 Å². The number of hydrogen-bond donors (Lipinski definition) is 2. The van der Waals surface area contributed by atoms with Gasteiger partial charge in [-0.05, 0) is 60.9 Å². The first-order valence-corrected chi connectivity index (χ1v) is 23.7. The summed E-state index contributed by atoms with van der Waals surface area (Å²) in [7, 11) is 2.23. The summed E-state index contributed by atoms with van der Waals surface area (Å²) >= 11 is 16.3. The number of ketones is 2. The van der Waals surface area contributed by atoms with Crippen molar-refractivity contribution in [2.45, 2.75) is 37.5 Å². The number of halogens is 3. The zero-order valence-electron chi connectivity index (χ0n) is 36.0. The Morgan fingerprint density at radius 1 is 0.797 bits per heavy atom. The predicted molar refractivity (Wildman–Crippen MR) is 262 cm³/mol. The van der Waals surface area contributed by atoms with E-state index >= 15 is 0 Å². The van der Waals surface area contributed by atoms with Crippen LogP contribution in [0.1, 0.15) is 43.2 Å². The van der Waals surface area contributed by atoms with E-state index in [4.69, 9.17) is 27.9 Å². The quantitative estimate of drug-likeness (QED) is 0.0774. The maximum absolute atomic E-state index is 11.1. The van der Waals surface area contributed by atoms with Crippen LogP contribution in [0.5, 0.6) is 0 Å². The third-order valence-corrected chi connectivity index (χ3v) is 13.7. The van der Waals surface area contributed by atoms with E-state index in [9.17, 15) is 40.0 Å². The number of morpholine rings is 1. The summed E-state index contributed by atoms with van der Waals surface area (Å²) in [6, 6.07) is 15.8. The van der Waals surface area contributed by atoms with Gasteiger partial charge in [-0.2, -0.15) is 4.58 Å². The first-order valence-electron chi connectivity index (χ1n) is 20.6. The summed E-state index contributed by atoms with van der Waals surface area (Å²) < 4.78 is 9.08. The van der Waals surface area contributed by atoms with Crippen molar-refractivity contribution in [2.75, 3.05) is 38.3 Å². The number of aliphatic hydroxyl groups is 2. The molecule has 2 aliphatic heterocycles. The summed E-state index contributed by atoms with van der Waals surface area (Å²) in [6.45, 7) is 3.61. The zero-order valence-corrected chi connectivity index (χ0v) is 41.8. The Bertz CT molecular complexity index is 2940. The molecule has 25 heteroatoms. The normalized spacial score (nSPS) is 19.3. The van der Waals surface area contributed by atoms with Crippen LogP contribution < -0.4 is 24.5 Å². The van der Waals surface area contributed by atoms with Crippen molar-refractivity contribution in [1.82, 2.24) is 9.97 Å². The van der Waals surface area contributed by atoms with Gasteiger partial charge in [0.25, 0.3) is 0 Å². The number of aromatic nitrogens is 2. The topological polar surface area (TPSA) is 254 Å². The van der Waals surface area contributed by atoms with Gasteiger partial charge in [-0.25, -0.2) is 0 Å². The van der Waals surface area contributed by atoms with Crippen LogP contribution in [0.25, 0.3) is 6.08 Å². The first kappa shape index (κ1) is 52.4. The van der Waals surface area contributed by atoms with Crippen LogP contribution in [0, 0.1) is 20.2 Å². The maximum atomic E-state index is 11.1. The van der Waals surface area contributed by atoms with E-state index in [-0.39, 0.29) is 74.8 Å². The number of nitro groups is 2. The molecule has 2 fully saturated rings. The number of carbonyl (C=O) groups excluding carboxylic acids is 2. The number of carbonyl (C=O) groups is 2. The Labute approximate surface area is 429 Å². The van der Waals surface area contributed by atoms with Gasteiger partial charge in [0.2, 0.25) is 17.3 Å². The second-order valence-corrected chi connectivity index (χ2v) is 18.9. The molecule has 0 amide bonds. The number of nitrogens with zero attached hydrogens (tertiary/aromatic N) is 10. The number of benzene rings is 2. The van der Waals surface area contributed by atoms with Crippen LogP contribution in [0.3, 0.4) is 0 Å². The molecule has 2 aromatic carbocycles. The first-order chi connectivity index (χ1) is 32.6. The van der Waals surface area contributed by atoms with Crippen molar-refractivity contribution < 1.29 is 55.7 Å². The molecule has 1 saturated heterocycles. The molecule has 4 heterocycles. The van der Waals surface area contributed by atoms with Crippen LogP contribution >= 0.6 is 61.8 Å². The number of aliphatic hydroxyl groups excluding tert-OH is 2. The van der Waals surface area contributed by atoms with Crippen LogP contribution in [0.15, 0.2) is 132 Å². The van der Waals surface area contributed by atoms with Gasteiger partial charge in [0, 0.05) is 91.9 Å². The van der Waals surface area contributed by atoms with Crippen molar-refractivity contribution in [2.24, 2.45) is 20.4 Å². The monoisotopic (exact) mass is 1120 g/mol. The van der Waals surface area contributed by atoms with E-state index in [0.29, 0.717) is 0 Å².